The predicted molar refractivity (Wildman–Crippen MR) is 74.9 cm³/mol. The smallest absolute Gasteiger partial charge is 0.255 e. The highest BCUT2D eigenvalue weighted by molar-refractivity contribution is 6.30. The van der Waals surface area contributed by atoms with Crippen LogP contribution in [0.25, 0.3) is 10.8 Å². The number of benzene rings is 2. The first-order valence-corrected chi connectivity index (χ1v) is 6.21. The molecule has 3 rings (SSSR count). The molecule has 5 heteroatoms. The van der Waals surface area contributed by atoms with E-state index >= 15 is 0 Å². The molecular formula is C15H9ClFNO2. The van der Waals surface area contributed by atoms with Crippen molar-refractivity contribution in [1.29, 1.82) is 0 Å². The Hall–Kier alpha value is -2.33. The molecule has 0 atom stereocenters. The monoisotopic (exact) mass is 289 g/mol. The van der Waals surface area contributed by atoms with Gasteiger partial charge in [-0.2, -0.15) is 0 Å². The second-order valence-corrected chi connectivity index (χ2v) is 4.67. The Balaban J connectivity index is 1.98. The lowest BCUT2D eigenvalue weighted by molar-refractivity contribution is 0.423. The lowest BCUT2D eigenvalue weighted by Crippen LogP contribution is -1.91. The molecule has 0 amide bonds. The Bertz CT molecular complexity index is 792. The minimum atomic E-state index is -0.631. The molecule has 100 valence electrons. The molecule has 1 N–H and O–H groups in total. The van der Waals surface area contributed by atoms with Crippen molar-refractivity contribution < 1.29 is 14.2 Å². The molecule has 0 saturated carbocycles. The van der Waals surface area contributed by atoms with E-state index in [4.69, 9.17) is 16.3 Å². The molecule has 0 aliphatic rings. The Labute approximate surface area is 119 Å². The lowest BCUT2D eigenvalue weighted by atomic mass is 10.1. The van der Waals surface area contributed by atoms with Crippen LogP contribution >= 0.6 is 11.6 Å². The SMILES string of the molecule is Oc1ccc2ccc(Oc3ncc(Cl)cc3F)cc2c1. The summed E-state index contributed by atoms with van der Waals surface area (Å²) in [4.78, 5) is 3.79. The van der Waals surface area contributed by atoms with E-state index in [1.54, 1.807) is 30.3 Å². The molecule has 0 radical (unpaired) electrons. The maximum atomic E-state index is 13.6. The molecule has 2 aromatic carbocycles. The van der Waals surface area contributed by atoms with Gasteiger partial charge >= 0.3 is 0 Å². The molecule has 0 aliphatic heterocycles. The number of rotatable bonds is 2. The zero-order valence-corrected chi connectivity index (χ0v) is 10.9. The van der Waals surface area contributed by atoms with Crippen LogP contribution < -0.4 is 4.74 Å². The standard InChI is InChI=1S/C15H9ClFNO2/c16-11-7-14(17)15(18-8-11)20-13-4-2-9-1-3-12(19)5-10(9)6-13/h1-8,19H. The van der Waals surface area contributed by atoms with E-state index in [0.29, 0.717) is 5.75 Å². The number of aromatic nitrogens is 1. The summed E-state index contributed by atoms with van der Waals surface area (Å²) in [7, 11) is 0. The van der Waals surface area contributed by atoms with Crippen molar-refractivity contribution in [2.24, 2.45) is 0 Å². The summed E-state index contributed by atoms with van der Waals surface area (Å²) in [5.41, 5.74) is 0. The molecule has 1 aromatic heterocycles. The van der Waals surface area contributed by atoms with Crippen molar-refractivity contribution in [2.75, 3.05) is 0 Å². The zero-order valence-electron chi connectivity index (χ0n) is 10.2. The van der Waals surface area contributed by atoms with E-state index in [2.05, 4.69) is 4.98 Å². The Morgan fingerprint density at radius 1 is 1.05 bits per heavy atom. The predicted octanol–water partition coefficient (Wildman–Crippen LogP) is 4.53. The third-order valence-corrected chi connectivity index (χ3v) is 2.99. The molecule has 0 unspecified atom stereocenters. The summed E-state index contributed by atoms with van der Waals surface area (Å²) < 4.78 is 19.0. The number of nitrogens with zero attached hydrogens (tertiary/aromatic N) is 1. The number of ether oxygens (including phenoxy) is 1. The van der Waals surface area contributed by atoms with Gasteiger partial charge in [-0.1, -0.05) is 23.7 Å². The number of hydrogen-bond donors (Lipinski definition) is 1. The highest BCUT2D eigenvalue weighted by atomic mass is 35.5. The molecule has 0 spiro atoms. The first-order chi connectivity index (χ1) is 9.61. The van der Waals surface area contributed by atoms with Crippen molar-refractivity contribution >= 4 is 22.4 Å². The third-order valence-electron chi connectivity index (χ3n) is 2.78. The van der Waals surface area contributed by atoms with Gasteiger partial charge in [0.15, 0.2) is 5.82 Å². The van der Waals surface area contributed by atoms with Crippen molar-refractivity contribution in [3.05, 3.63) is 59.5 Å². The van der Waals surface area contributed by atoms with E-state index in [0.717, 1.165) is 16.8 Å². The van der Waals surface area contributed by atoms with Crippen molar-refractivity contribution in [1.82, 2.24) is 4.98 Å². The fourth-order valence-corrected chi connectivity index (χ4v) is 2.01. The number of aromatic hydroxyl groups is 1. The molecule has 0 saturated heterocycles. The number of halogens is 2. The summed E-state index contributed by atoms with van der Waals surface area (Å²) in [6.45, 7) is 0. The first kappa shape index (κ1) is 12.7. The maximum absolute atomic E-state index is 13.6. The van der Waals surface area contributed by atoms with Gasteiger partial charge < -0.3 is 9.84 Å². The topological polar surface area (TPSA) is 42.4 Å². The average Bonchev–Trinajstić information content (AvgIpc) is 2.41. The largest absolute Gasteiger partial charge is 0.508 e. The van der Waals surface area contributed by atoms with Crippen LogP contribution in [0.15, 0.2) is 48.7 Å². The van der Waals surface area contributed by atoms with Gasteiger partial charge in [-0.15, -0.1) is 0 Å². The van der Waals surface area contributed by atoms with Gasteiger partial charge in [0, 0.05) is 6.20 Å². The fourth-order valence-electron chi connectivity index (χ4n) is 1.86. The van der Waals surface area contributed by atoms with Crippen LogP contribution in [0, 0.1) is 5.82 Å². The lowest BCUT2D eigenvalue weighted by Gasteiger charge is -2.07. The van der Waals surface area contributed by atoms with Gasteiger partial charge in [0.05, 0.1) is 5.02 Å². The van der Waals surface area contributed by atoms with Crippen molar-refractivity contribution in [2.45, 2.75) is 0 Å². The normalized spacial score (nSPS) is 10.7. The summed E-state index contributed by atoms with van der Waals surface area (Å²) in [6, 6.07) is 11.3. The highest BCUT2D eigenvalue weighted by Gasteiger charge is 2.08. The number of phenolic OH excluding ortho intramolecular Hbond substituents is 1. The molecule has 3 aromatic rings. The quantitative estimate of drug-likeness (QED) is 0.754. The maximum Gasteiger partial charge on any atom is 0.255 e. The summed E-state index contributed by atoms with van der Waals surface area (Å²) >= 11 is 5.63. The highest BCUT2D eigenvalue weighted by Crippen LogP contribution is 2.28. The van der Waals surface area contributed by atoms with E-state index in [1.165, 1.54) is 6.20 Å². The zero-order chi connectivity index (χ0) is 14.1. The molecule has 0 aliphatic carbocycles. The van der Waals surface area contributed by atoms with Crippen LogP contribution in [0.1, 0.15) is 0 Å². The summed E-state index contributed by atoms with van der Waals surface area (Å²) in [5, 5.41) is 11.4. The van der Waals surface area contributed by atoms with Crippen LogP contribution in [0.5, 0.6) is 17.4 Å². The van der Waals surface area contributed by atoms with Gasteiger partial charge in [-0.3, -0.25) is 0 Å². The summed E-state index contributed by atoms with van der Waals surface area (Å²) in [5.74, 6) is -0.190. The van der Waals surface area contributed by atoms with E-state index in [1.807, 2.05) is 6.07 Å². The van der Waals surface area contributed by atoms with Crippen LogP contribution in [-0.4, -0.2) is 10.1 Å². The second-order valence-electron chi connectivity index (χ2n) is 4.24. The molecule has 20 heavy (non-hydrogen) atoms. The van der Waals surface area contributed by atoms with E-state index in [-0.39, 0.29) is 16.7 Å². The number of pyridine rings is 1. The molecule has 1 heterocycles. The van der Waals surface area contributed by atoms with Crippen molar-refractivity contribution in [3.8, 4) is 17.4 Å². The van der Waals surface area contributed by atoms with Crippen LogP contribution in [0.3, 0.4) is 0 Å². The van der Waals surface area contributed by atoms with Gasteiger partial charge in [-0.25, -0.2) is 9.37 Å². The van der Waals surface area contributed by atoms with Crippen molar-refractivity contribution in [3.63, 3.8) is 0 Å². The third kappa shape index (κ3) is 2.51. The van der Waals surface area contributed by atoms with Gasteiger partial charge in [0.2, 0.25) is 0 Å². The fraction of sp³-hybridized carbons (Fsp3) is 0. The first-order valence-electron chi connectivity index (χ1n) is 5.83. The van der Waals surface area contributed by atoms with Crippen LogP contribution in [-0.2, 0) is 0 Å². The average molecular weight is 290 g/mol. The minimum Gasteiger partial charge on any atom is -0.508 e. The number of hydrogen-bond acceptors (Lipinski definition) is 3. The molecule has 0 bridgehead atoms. The molecule has 3 nitrogen and oxygen atoms in total. The summed E-state index contributed by atoms with van der Waals surface area (Å²) in [6.07, 6.45) is 1.31. The molecule has 0 fully saturated rings. The Morgan fingerprint density at radius 2 is 1.85 bits per heavy atom. The Morgan fingerprint density at radius 3 is 2.65 bits per heavy atom. The van der Waals surface area contributed by atoms with E-state index in [9.17, 15) is 9.50 Å². The van der Waals surface area contributed by atoms with Gasteiger partial charge in [-0.05, 0) is 41.1 Å². The second kappa shape index (κ2) is 4.98. The van der Waals surface area contributed by atoms with Crippen LogP contribution in [0.4, 0.5) is 4.39 Å². The van der Waals surface area contributed by atoms with Gasteiger partial charge in [0.25, 0.3) is 5.88 Å². The Kier molecular flexibility index (Phi) is 3.16. The van der Waals surface area contributed by atoms with Gasteiger partial charge in [0.1, 0.15) is 11.5 Å². The number of fused-ring (bicyclic) bond motifs is 1. The minimum absolute atomic E-state index is 0.145. The van der Waals surface area contributed by atoms with E-state index < -0.39 is 5.82 Å². The number of phenols is 1. The molecular weight excluding hydrogens is 281 g/mol. The van der Waals surface area contributed by atoms with Crippen LogP contribution in [0.2, 0.25) is 5.02 Å².